The predicted octanol–water partition coefficient (Wildman–Crippen LogP) is 4.21. The number of nitrogens with one attached hydrogen (secondary N) is 1. The molecule has 0 spiro atoms. The Morgan fingerprint density at radius 3 is 2.95 bits per heavy atom. The van der Waals surface area contributed by atoms with Crippen LogP contribution < -0.4 is 5.43 Å². The van der Waals surface area contributed by atoms with Gasteiger partial charge in [-0.3, -0.25) is 5.43 Å². The summed E-state index contributed by atoms with van der Waals surface area (Å²) in [5.74, 6) is -0.335. The zero-order chi connectivity index (χ0) is 15.4. The van der Waals surface area contributed by atoms with E-state index in [1.807, 2.05) is 0 Å². The number of hydrazone groups is 1. The number of rotatable bonds is 4. The van der Waals surface area contributed by atoms with E-state index in [4.69, 9.17) is 0 Å². The summed E-state index contributed by atoms with van der Waals surface area (Å²) in [6.45, 7) is 0. The molecule has 21 heavy (non-hydrogen) atoms. The monoisotopic (exact) mass is 432 g/mol. The Morgan fingerprint density at radius 1 is 1.48 bits per heavy atom. The smallest absolute Gasteiger partial charge is 0.350 e. The molecular weight excluding hydrogens is 424 g/mol. The molecule has 0 radical (unpaired) electrons. The number of hydrogen-bond acceptors (Lipinski definition) is 6. The molecule has 0 amide bonds. The number of ether oxygens (including phenoxy) is 1. The number of halogens is 2. The first-order valence-corrected chi connectivity index (χ1v) is 8.12. The normalized spacial score (nSPS) is 10.8. The van der Waals surface area contributed by atoms with Crippen LogP contribution in [0.15, 0.2) is 37.6 Å². The third-order valence-electron chi connectivity index (χ3n) is 2.48. The maximum Gasteiger partial charge on any atom is 0.350 e. The number of thiophene rings is 1. The Balaban J connectivity index is 2.17. The number of aromatic hydroxyl groups is 1. The first-order valence-electron chi connectivity index (χ1n) is 5.66. The number of anilines is 1. The van der Waals surface area contributed by atoms with Crippen molar-refractivity contribution in [3.05, 3.63) is 43.0 Å². The van der Waals surface area contributed by atoms with Crippen molar-refractivity contribution < 1.29 is 14.6 Å². The molecule has 2 aromatic rings. The third-order valence-corrected chi connectivity index (χ3v) is 4.44. The van der Waals surface area contributed by atoms with Crippen LogP contribution in [0.2, 0.25) is 0 Å². The van der Waals surface area contributed by atoms with Crippen molar-refractivity contribution in [1.29, 1.82) is 0 Å². The van der Waals surface area contributed by atoms with Crippen LogP contribution in [0.3, 0.4) is 0 Å². The molecule has 0 aliphatic carbocycles. The van der Waals surface area contributed by atoms with Crippen molar-refractivity contribution >= 4 is 61.1 Å². The second-order valence-corrected chi connectivity index (χ2v) is 6.54. The second kappa shape index (κ2) is 7.06. The Hall–Kier alpha value is -1.38. The average Bonchev–Trinajstić information content (AvgIpc) is 2.91. The van der Waals surface area contributed by atoms with E-state index in [0.29, 0.717) is 20.6 Å². The van der Waals surface area contributed by atoms with Crippen LogP contribution in [0.5, 0.6) is 5.75 Å². The molecular formula is C13H10Br2N2O3S. The molecule has 0 unspecified atom stereocenters. The van der Waals surface area contributed by atoms with Crippen LogP contribution in [-0.4, -0.2) is 24.4 Å². The first kappa shape index (κ1) is 16.0. The van der Waals surface area contributed by atoms with Crippen LogP contribution in [0.4, 0.5) is 5.69 Å². The van der Waals surface area contributed by atoms with Gasteiger partial charge in [0, 0.05) is 10.0 Å². The van der Waals surface area contributed by atoms with Crippen LogP contribution in [0.25, 0.3) is 0 Å². The van der Waals surface area contributed by atoms with E-state index in [0.717, 1.165) is 4.47 Å². The highest BCUT2D eigenvalue weighted by atomic mass is 79.9. The van der Waals surface area contributed by atoms with Gasteiger partial charge in [-0.05, 0) is 39.5 Å². The second-order valence-electron chi connectivity index (χ2n) is 3.85. The van der Waals surface area contributed by atoms with Gasteiger partial charge in [0.15, 0.2) is 0 Å². The molecule has 0 fully saturated rings. The van der Waals surface area contributed by atoms with Gasteiger partial charge in [0.25, 0.3) is 0 Å². The van der Waals surface area contributed by atoms with Crippen LogP contribution in [0, 0.1) is 0 Å². The van der Waals surface area contributed by atoms with E-state index in [1.165, 1.54) is 24.7 Å². The molecule has 1 aromatic heterocycles. The maximum atomic E-state index is 11.5. The van der Waals surface area contributed by atoms with E-state index in [-0.39, 0.29) is 5.75 Å². The maximum absolute atomic E-state index is 11.5. The van der Waals surface area contributed by atoms with E-state index in [9.17, 15) is 9.90 Å². The minimum atomic E-state index is -0.421. The van der Waals surface area contributed by atoms with Gasteiger partial charge < -0.3 is 9.84 Å². The third kappa shape index (κ3) is 3.84. The summed E-state index contributed by atoms with van der Waals surface area (Å²) in [5.41, 5.74) is 3.84. The summed E-state index contributed by atoms with van der Waals surface area (Å²) in [4.78, 5) is 12.0. The fourth-order valence-corrected chi connectivity index (χ4v) is 3.52. The largest absolute Gasteiger partial charge is 0.506 e. The van der Waals surface area contributed by atoms with Crippen molar-refractivity contribution in [3.8, 4) is 5.75 Å². The van der Waals surface area contributed by atoms with Crippen LogP contribution in [-0.2, 0) is 4.74 Å². The van der Waals surface area contributed by atoms with Gasteiger partial charge in [-0.15, -0.1) is 11.3 Å². The van der Waals surface area contributed by atoms with Gasteiger partial charge in [-0.25, -0.2) is 4.79 Å². The summed E-state index contributed by atoms with van der Waals surface area (Å²) in [5, 5.41) is 15.7. The molecule has 1 heterocycles. The lowest BCUT2D eigenvalue weighted by Crippen LogP contribution is -2.01. The molecule has 0 aliphatic rings. The predicted molar refractivity (Wildman–Crippen MR) is 90.4 cm³/mol. The summed E-state index contributed by atoms with van der Waals surface area (Å²) in [6, 6.07) is 5.18. The molecule has 0 saturated carbocycles. The van der Waals surface area contributed by atoms with E-state index >= 15 is 0 Å². The van der Waals surface area contributed by atoms with Crippen molar-refractivity contribution in [3.63, 3.8) is 0 Å². The SMILES string of the molecule is COC(=O)c1sccc1NN=Cc1cc(Br)cc(Br)c1O. The topological polar surface area (TPSA) is 70.9 Å². The van der Waals surface area contributed by atoms with Crippen molar-refractivity contribution in [2.75, 3.05) is 12.5 Å². The van der Waals surface area contributed by atoms with Gasteiger partial charge >= 0.3 is 5.97 Å². The fraction of sp³-hybridized carbons (Fsp3) is 0.0769. The lowest BCUT2D eigenvalue weighted by Gasteiger charge is -2.04. The highest BCUT2D eigenvalue weighted by molar-refractivity contribution is 9.11. The minimum Gasteiger partial charge on any atom is -0.506 e. The molecule has 0 saturated heterocycles. The van der Waals surface area contributed by atoms with Crippen molar-refractivity contribution in [2.45, 2.75) is 0 Å². The highest BCUT2D eigenvalue weighted by Crippen LogP contribution is 2.30. The number of benzene rings is 1. The van der Waals surface area contributed by atoms with E-state index < -0.39 is 5.97 Å². The van der Waals surface area contributed by atoms with E-state index in [2.05, 4.69) is 47.1 Å². The molecule has 8 heteroatoms. The quantitative estimate of drug-likeness (QED) is 0.430. The molecule has 2 rings (SSSR count). The standard InChI is InChI=1S/C13H10Br2N2O3S/c1-20-13(19)12-10(2-3-21-12)17-16-6-7-4-8(14)5-9(15)11(7)18/h2-6,17-18H,1H3. The number of phenols is 1. The van der Waals surface area contributed by atoms with Gasteiger partial charge in [0.2, 0.25) is 0 Å². The Kier molecular flexibility index (Phi) is 5.38. The lowest BCUT2D eigenvalue weighted by atomic mass is 10.2. The first-order chi connectivity index (χ1) is 10.0. The zero-order valence-corrected chi connectivity index (χ0v) is 14.8. The lowest BCUT2D eigenvalue weighted by molar-refractivity contribution is 0.0607. The number of nitrogens with zero attached hydrogens (tertiary/aromatic N) is 1. The Bertz CT molecular complexity index is 701. The Morgan fingerprint density at radius 2 is 2.24 bits per heavy atom. The number of hydrogen-bond donors (Lipinski definition) is 2. The van der Waals surface area contributed by atoms with E-state index in [1.54, 1.807) is 23.6 Å². The molecule has 2 N–H and O–H groups in total. The average molecular weight is 434 g/mol. The number of methoxy groups -OCH3 is 1. The summed E-state index contributed by atoms with van der Waals surface area (Å²) < 4.78 is 6.04. The van der Waals surface area contributed by atoms with Gasteiger partial charge in [-0.1, -0.05) is 15.9 Å². The molecule has 0 atom stereocenters. The molecule has 0 aliphatic heterocycles. The summed E-state index contributed by atoms with van der Waals surface area (Å²) >= 11 is 7.84. The Labute approximate surface area is 141 Å². The number of phenolic OH excluding ortho intramolecular Hbond substituents is 1. The van der Waals surface area contributed by atoms with Gasteiger partial charge in [0.05, 0.1) is 23.5 Å². The zero-order valence-electron chi connectivity index (χ0n) is 10.8. The highest BCUT2D eigenvalue weighted by Gasteiger charge is 2.12. The number of carbonyl (C=O) groups is 1. The molecule has 5 nitrogen and oxygen atoms in total. The molecule has 0 bridgehead atoms. The fourth-order valence-electron chi connectivity index (χ4n) is 1.50. The van der Waals surface area contributed by atoms with Crippen molar-refractivity contribution in [2.24, 2.45) is 5.10 Å². The van der Waals surface area contributed by atoms with Crippen LogP contribution >= 0.6 is 43.2 Å². The summed E-state index contributed by atoms with van der Waals surface area (Å²) in [6.07, 6.45) is 1.46. The van der Waals surface area contributed by atoms with Gasteiger partial charge in [0.1, 0.15) is 10.6 Å². The van der Waals surface area contributed by atoms with Crippen molar-refractivity contribution in [1.82, 2.24) is 0 Å². The van der Waals surface area contributed by atoms with Crippen LogP contribution in [0.1, 0.15) is 15.2 Å². The number of carbonyl (C=O) groups excluding carboxylic acids is 1. The minimum absolute atomic E-state index is 0.0854. The summed E-state index contributed by atoms with van der Waals surface area (Å²) in [7, 11) is 1.33. The van der Waals surface area contributed by atoms with Gasteiger partial charge in [-0.2, -0.15) is 5.10 Å². The molecule has 110 valence electrons. The molecule has 1 aromatic carbocycles. The number of esters is 1.